The van der Waals surface area contributed by atoms with Crippen LogP contribution < -0.4 is 0 Å². The SMILES string of the molecule is C=C(C(=O)c1ccccc1)[C@H](C)CC(=O)c1ccccc1. The molecule has 106 valence electrons. The summed E-state index contributed by atoms with van der Waals surface area (Å²) in [7, 11) is 0. The third-order valence-corrected chi connectivity index (χ3v) is 3.51. The van der Waals surface area contributed by atoms with Gasteiger partial charge in [-0.3, -0.25) is 9.59 Å². The highest BCUT2D eigenvalue weighted by Gasteiger charge is 2.19. The van der Waals surface area contributed by atoms with Gasteiger partial charge in [-0.15, -0.1) is 0 Å². The number of carbonyl (C=O) groups excluding carboxylic acids is 2. The van der Waals surface area contributed by atoms with E-state index < -0.39 is 0 Å². The molecule has 0 heterocycles. The molecule has 0 amide bonds. The van der Waals surface area contributed by atoms with Crippen LogP contribution in [0.1, 0.15) is 34.1 Å². The first-order valence-corrected chi connectivity index (χ1v) is 6.96. The second kappa shape index (κ2) is 6.80. The summed E-state index contributed by atoms with van der Waals surface area (Å²) < 4.78 is 0. The van der Waals surface area contributed by atoms with Gasteiger partial charge in [0.1, 0.15) is 0 Å². The van der Waals surface area contributed by atoms with E-state index >= 15 is 0 Å². The minimum Gasteiger partial charge on any atom is -0.294 e. The standard InChI is InChI=1S/C19H18O2/c1-14(13-18(20)16-9-5-3-6-10-16)15(2)19(21)17-11-7-4-8-12-17/h3-12,14H,2,13H2,1H3/t14-/m1/s1. The summed E-state index contributed by atoms with van der Waals surface area (Å²) >= 11 is 0. The molecule has 0 spiro atoms. The molecule has 0 unspecified atom stereocenters. The Bertz CT molecular complexity index is 642. The fourth-order valence-electron chi connectivity index (χ4n) is 2.14. The van der Waals surface area contributed by atoms with E-state index in [4.69, 9.17) is 0 Å². The van der Waals surface area contributed by atoms with Crippen LogP contribution in [0.5, 0.6) is 0 Å². The van der Waals surface area contributed by atoms with E-state index in [2.05, 4.69) is 6.58 Å². The zero-order valence-electron chi connectivity index (χ0n) is 12.1. The van der Waals surface area contributed by atoms with Crippen molar-refractivity contribution in [1.82, 2.24) is 0 Å². The molecule has 0 radical (unpaired) electrons. The lowest BCUT2D eigenvalue weighted by Crippen LogP contribution is -2.14. The van der Waals surface area contributed by atoms with Gasteiger partial charge in [0.05, 0.1) is 0 Å². The summed E-state index contributed by atoms with van der Waals surface area (Å²) in [5.41, 5.74) is 1.76. The molecule has 2 heteroatoms. The minimum absolute atomic E-state index is 0.0325. The smallest absolute Gasteiger partial charge is 0.188 e. The maximum Gasteiger partial charge on any atom is 0.188 e. The van der Waals surface area contributed by atoms with Crippen LogP contribution in [0.25, 0.3) is 0 Å². The zero-order valence-corrected chi connectivity index (χ0v) is 12.1. The summed E-state index contributed by atoms with van der Waals surface area (Å²) in [5.74, 6) is -0.237. The van der Waals surface area contributed by atoms with Gasteiger partial charge >= 0.3 is 0 Å². The van der Waals surface area contributed by atoms with Crippen LogP contribution in [0.15, 0.2) is 72.8 Å². The molecule has 0 bridgehead atoms. The molecule has 0 saturated heterocycles. The van der Waals surface area contributed by atoms with Crippen LogP contribution in [-0.4, -0.2) is 11.6 Å². The topological polar surface area (TPSA) is 34.1 Å². The monoisotopic (exact) mass is 278 g/mol. The number of hydrogen-bond acceptors (Lipinski definition) is 2. The molecule has 0 aliphatic rings. The lowest BCUT2D eigenvalue weighted by molar-refractivity contribution is 0.0963. The maximum atomic E-state index is 12.3. The molecule has 0 N–H and O–H groups in total. The Hall–Kier alpha value is -2.48. The number of rotatable bonds is 6. The molecule has 2 rings (SSSR count). The Morgan fingerprint density at radius 2 is 1.38 bits per heavy atom. The van der Waals surface area contributed by atoms with Crippen molar-refractivity contribution < 1.29 is 9.59 Å². The van der Waals surface area contributed by atoms with Crippen LogP contribution in [0.4, 0.5) is 0 Å². The van der Waals surface area contributed by atoms with Crippen molar-refractivity contribution in [1.29, 1.82) is 0 Å². The molecule has 2 nitrogen and oxygen atoms in total. The Balaban J connectivity index is 2.03. The molecule has 21 heavy (non-hydrogen) atoms. The van der Waals surface area contributed by atoms with Gasteiger partial charge in [-0.25, -0.2) is 0 Å². The summed E-state index contributed by atoms with van der Waals surface area (Å²) in [4.78, 5) is 24.5. The van der Waals surface area contributed by atoms with E-state index in [1.165, 1.54) is 0 Å². The van der Waals surface area contributed by atoms with Crippen molar-refractivity contribution in [2.75, 3.05) is 0 Å². The Labute approximate surface area is 125 Å². The van der Waals surface area contributed by atoms with Gasteiger partial charge in [0.25, 0.3) is 0 Å². The second-order valence-electron chi connectivity index (χ2n) is 5.11. The van der Waals surface area contributed by atoms with Crippen LogP contribution in [-0.2, 0) is 0 Å². The minimum atomic E-state index is -0.176. The number of allylic oxidation sites excluding steroid dienone is 1. The van der Waals surface area contributed by atoms with Gasteiger partial charge < -0.3 is 0 Å². The average molecular weight is 278 g/mol. The lowest BCUT2D eigenvalue weighted by Gasteiger charge is -2.13. The highest BCUT2D eigenvalue weighted by molar-refractivity contribution is 6.09. The van der Waals surface area contributed by atoms with Crippen molar-refractivity contribution in [2.24, 2.45) is 5.92 Å². The fraction of sp³-hybridized carbons (Fsp3) is 0.158. The van der Waals surface area contributed by atoms with E-state index in [1.807, 2.05) is 43.3 Å². The largest absolute Gasteiger partial charge is 0.294 e. The number of benzene rings is 2. The van der Waals surface area contributed by atoms with E-state index in [9.17, 15) is 9.59 Å². The zero-order chi connectivity index (χ0) is 15.2. The van der Waals surface area contributed by atoms with Crippen molar-refractivity contribution >= 4 is 11.6 Å². The van der Waals surface area contributed by atoms with E-state index in [1.54, 1.807) is 24.3 Å². The Morgan fingerprint density at radius 1 is 0.905 bits per heavy atom. The van der Waals surface area contributed by atoms with Gasteiger partial charge in [-0.2, -0.15) is 0 Å². The molecule has 0 fully saturated rings. The summed E-state index contributed by atoms with van der Waals surface area (Å²) in [6, 6.07) is 18.1. The Kier molecular flexibility index (Phi) is 4.83. The molecular formula is C19H18O2. The molecule has 0 saturated carbocycles. The predicted octanol–water partition coefficient (Wildman–Crippen LogP) is 4.33. The van der Waals surface area contributed by atoms with Crippen molar-refractivity contribution in [3.63, 3.8) is 0 Å². The van der Waals surface area contributed by atoms with E-state index in [0.717, 1.165) is 0 Å². The summed E-state index contributed by atoms with van der Waals surface area (Å²) in [6.07, 6.45) is 0.293. The first-order valence-electron chi connectivity index (χ1n) is 6.96. The highest BCUT2D eigenvalue weighted by Crippen LogP contribution is 2.20. The highest BCUT2D eigenvalue weighted by atomic mass is 16.1. The molecular weight excluding hydrogens is 260 g/mol. The van der Waals surface area contributed by atoms with Crippen LogP contribution >= 0.6 is 0 Å². The third kappa shape index (κ3) is 3.76. The Morgan fingerprint density at radius 3 is 1.90 bits per heavy atom. The number of Topliss-reactive ketones (excluding diaryl/α,β-unsaturated/α-hetero) is 2. The van der Waals surface area contributed by atoms with Gasteiger partial charge in [-0.1, -0.05) is 74.2 Å². The average Bonchev–Trinajstić information content (AvgIpc) is 2.55. The molecule has 1 atom stereocenters. The van der Waals surface area contributed by atoms with Crippen LogP contribution in [0.2, 0.25) is 0 Å². The number of hydrogen-bond donors (Lipinski definition) is 0. The number of ketones is 2. The lowest BCUT2D eigenvalue weighted by atomic mass is 9.89. The molecule has 2 aromatic rings. The first-order chi connectivity index (χ1) is 10.1. The van der Waals surface area contributed by atoms with E-state index in [0.29, 0.717) is 23.1 Å². The van der Waals surface area contributed by atoms with Crippen molar-refractivity contribution in [3.05, 3.63) is 83.9 Å². The van der Waals surface area contributed by atoms with Gasteiger partial charge in [-0.05, 0) is 11.5 Å². The van der Waals surface area contributed by atoms with Gasteiger partial charge in [0, 0.05) is 17.5 Å². The molecule has 0 aliphatic carbocycles. The summed E-state index contributed by atoms with van der Waals surface area (Å²) in [6.45, 7) is 5.74. The first kappa shape index (κ1) is 14.9. The number of carbonyl (C=O) groups is 2. The third-order valence-electron chi connectivity index (χ3n) is 3.51. The molecule has 0 aromatic heterocycles. The second-order valence-corrected chi connectivity index (χ2v) is 5.11. The van der Waals surface area contributed by atoms with Crippen molar-refractivity contribution in [3.8, 4) is 0 Å². The molecule has 0 aliphatic heterocycles. The summed E-state index contributed by atoms with van der Waals surface area (Å²) in [5, 5.41) is 0. The quantitative estimate of drug-likeness (QED) is 0.582. The van der Waals surface area contributed by atoms with Crippen molar-refractivity contribution in [2.45, 2.75) is 13.3 Å². The fourth-order valence-corrected chi connectivity index (χ4v) is 2.14. The van der Waals surface area contributed by atoms with Gasteiger partial charge in [0.15, 0.2) is 11.6 Å². The maximum absolute atomic E-state index is 12.3. The van der Waals surface area contributed by atoms with Crippen LogP contribution in [0, 0.1) is 5.92 Å². The predicted molar refractivity (Wildman–Crippen MR) is 84.5 cm³/mol. The molecule has 2 aromatic carbocycles. The van der Waals surface area contributed by atoms with Crippen LogP contribution in [0.3, 0.4) is 0 Å². The van der Waals surface area contributed by atoms with Gasteiger partial charge in [0.2, 0.25) is 0 Å². The van der Waals surface area contributed by atoms with E-state index in [-0.39, 0.29) is 17.5 Å². The normalized spacial score (nSPS) is 11.7.